The standard InChI is InChI=1S/C18H25N3O4/c22-15(21-10-12-6-3-7-13(12)16(21)18(23)24)9-8-14-19-17(20-25-14)11-4-1-2-5-11/h11-13,16H,1-10H2,(H,23,24). The molecule has 4 rings (SSSR count). The number of aromatic nitrogens is 2. The summed E-state index contributed by atoms with van der Waals surface area (Å²) in [5.41, 5.74) is 0. The van der Waals surface area contributed by atoms with Crippen molar-refractivity contribution < 1.29 is 19.2 Å². The first-order valence-electron chi connectivity index (χ1n) is 9.48. The van der Waals surface area contributed by atoms with Gasteiger partial charge >= 0.3 is 5.97 Å². The van der Waals surface area contributed by atoms with Crippen molar-refractivity contribution >= 4 is 11.9 Å². The van der Waals surface area contributed by atoms with E-state index in [0.717, 1.165) is 37.9 Å². The first-order chi connectivity index (χ1) is 12.1. The zero-order valence-electron chi connectivity index (χ0n) is 14.4. The first-order valence-corrected chi connectivity index (χ1v) is 9.48. The number of likely N-dealkylation sites (tertiary alicyclic amines) is 1. The van der Waals surface area contributed by atoms with Gasteiger partial charge in [-0.1, -0.05) is 24.4 Å². The molecule has 0 bridgehead atoms. The minimum Gasteiger partial charge on any atom is -0.480 e. The van der Waals surface area contributed by atoms with Gasteiger partial charge in [-0.2, -0.15) is 4.98 Å². The number of amides is 1. The van der Waals surface area contributed by atoms with Crippen molar-refractivity contribution in [2.24, 2.45) is 11.8 Å². The lowest BCUT2D eigenvalue weighted by Crippen LogP contribution is -2.43. The van der Waals surface area contributed by atoms with Crippen LogP contribution >= 0.6 is 0 Å². The lowest BCUT2D eigenvalue weighted by Gasteiger charge is -2.24. The summed E-state index contributed by atoms with van der Waals surface area (Å²) in [6, 6.07) is -0.656. The Morgan fingerprint density at radius 3 is 2.72 bits per heavy atom. The molecule has 2 aliphatic carbocycles. The SMILES string of the molecule is O=C(O)C1C2CCCC2CN1C(=O)CCc1nc(C2CCCC2)no1. The summed E-state index contributed by atoms with van der Waals surface area (Å²) in [6.07, 6.45) is 8.27. The molecule has 0 aromatic carbocycles. The van der Waals surface area contributed by atoms with E-state index in [1.807, 2.05) is 0 Å². The number of aryl methyl sites for hydroxylation is 1. The van der Waals surface area contributed by atoms with Crippen molar-refractivity contribution in [1.82, 2.24) is 15.0 Å². The Balaban J connectivity index is 1.36. The average molecular weight is 347 g/mol. The second-order valence-corrected chi connectivity index (χ2v) is 7.71. The lowest BCUT2D eigenvalue weighted by atomic mass is 9.94. The third-order valence-corrected chi connectivity index (χ3v) is 6.22. The number of carbonyl (C=O) groups excluding carboxylic acids is 1. The Bertz CT molecular complexity index is 653. The number of carboxylic acid groups (broad SMARTS) is 1. The molecule has 2 heterocycles. The van der Waals surface area contributed by atoms with Crippen LogP contribution in [-0.2, 0) is 16.0 Å². The summed E-state index contributed by atoms with van der Waals surface area (Å²) in [5.74, 6) is 1.14. The predicted molar refractivity (Wildman–Crippen MR) is 87.8 cm³/mol. The van der Waals surface area contributed by atoms with Crippen LogP contribution < -0.4 is 0 Å². The minimum atomic E-state index is -0.871. The summed E-state index contributed by atoms with van der Waals surface area (Å²) in [6.45, 7) is 0.581. The van der Waals surface area contributed by atoms with E-state index in [1.54, 1.807) is 4.90 Å². The molecule has 1 saturated heterocycles. The van der Waals surface area contributed by atoms with Crippen molar-refractivity contribution in [2.45, 2.75) is 69.7 Å². The van der Waals surface area contributed by atoms with Gasteiger partial charge in [-0.05, 0) is 37.5 Å². The lowest BCUT2D eigenvalue weighted by molar-refractivity contribution is -0.149. The van der Waals surface area contributed by atoms with Crippen LogP contribution in [0.2, 0.25) is 0 Å². The van der Waals surface area contributed by atoms with Gasteiger partial charge in [0, 0.05) is 25.3 Å². The monoisotopic (exact) mass is 347 g/mol. The fourth-order valence-corrected chi connectivity index (χ4v) is 4.96. The number of aliphatic carboxylic acids is 1. The zero-order valence-corrected chi connectivity index (χ0v) is 14.4. The van der Waals surface area contributed by atoms with Crippen LogP contribution in [0.15, 0.2) is 4.52 Å². The molecule has 3 unspecified atom stereocenters. The van der Waals surface area contributed by atoms with Crippen LogP contribution in [0.3, 0.4) is 0 Å². The second kappa shape index (κ2) is 6.77. The van der Waals surface area contributed by atoms with Crippen LogP contribution in [0.4, 0.5) is 0 Å². The second-order valence-electron chi connectivity index (χ2n) is 7.71. The number of rotatable bonds is 5. The molecular formula is C18H25N3O4. The van der Waals surface area contributed by atoms with Crippen LogP contribution in [0.1, 0.15) is 69.0 Å². The molecule has 3 atom stereocenters. The highest BCUT2D eigenvalue weighted by molar-refractivity contribution is 5.84. The predicted octanol–water partition coefficient (Wildman–Crippen LogP) is 2.37. The van der Waals surface area contributed by atoms with Gasteiger partial charge < -0.3 is 14.5 Å². The van der Waals surface area contributed by atoms with Gasteiger partial charge in [0.25, 0.3) is 0 Å². The molecule has 0 spiro atoms. The Labute approximate surface area is 146 Å². The van der Waals surface area contributed by atoms with E-state index in [4.69, 9.17) is 4.52 Å². The molecule has 7 heteroatoms. The van der Waals surface area contributed by atoms with Crippen molar-refractivity contribution in [3.63, 3.8) is 0 Å². The topological polar surface area (TPSA) is 96.5 Å². The summed E-state index contributed by atoms with van der Waals surface area (Å²) in [7, 11) is 0. The quantitative estimate of drug-likeness (QED) is 0.878. The number of fused-ring (bicyclic) bond motifs is 1. The molecule has 25 heavy (non-hydrogen) atoms. The first kappa shape index (κ1) is 16.5. The molecule has 1 aromatic rings. The molecule has 136 valence electrons. The maximum Gasteiger partial charge on any atom is 0.326 e. The number of hydrogen-bond acceptors (Lipinski definition) is 5. The van der Waals surface area contributed by atoms with Gasteiger partial charge in [0.15, 0.2) is 5.82 Å². The zero-order chi connectivity index (χ0) is 17.4. The summed E-state index contributed by atoms with van der Waals surface area (Å²) < 4.78 is 5.29. The highest BCUT2D eigenvalue weighted by Crippen LogP contribution is 2.42. The van der Waals surface area contributed by atoms with E-state index in [-0.39, 0.29) is 18.2 Å². The molecule has 2 saturated carbocycles. The summed E-state index contributed by atoms with van der Waals surface area (Å²) in [5, 5.41) is 13.6. The molecule has 1 N–H and O–H groups in total. The molecule has 1 amide bonds. The number of carbonyl (C=O) groups is 2. The number of carboxylic acids is 1. The number of nitrogens with zero attached hydrogens (tertiary/aromatic N) is 3. The van der Waals surface area contributed by atoms with Gasteiger partial charge in [-0.15, -0.1) is 0 Å². The van der Waals surface area contributed by atoms with Crippen LogP contribution in [-0.4, -0.2) is 44.6 Å². The van der Waals surface area contributed by atoms with E-state index in [1.165, 1.54) is 12.8 Å². The highest BCUT2D eigenvalue weighted by Gasteiger charge is 2.49. The molecule has 1 aromatic heterocycles. The Kier molecular flexibility index (Phi) is 4.48. The molecule has 0 radical (unpaired) electrons. The van der Waals surface area contributed by atoms with Gasteiger partial charge in [0.2, 0.25) is 11.8 Å². The van der Waals surface area contributed by atoms with Crippen molar-refractivity contribution in [3.05, 3.63) is 11.7 Å². The van der Waals surface area contributed by atoms with Gasteiger partial charge in [-0.25, -0.2) is 4.79 Å². The van der Waals surface area contributed by atoms with Crippen molar-refractivity contribution in [1.29, 1.82) is 0 Å². The van der Waals surface area contributed by atoms with Crippen LogP contribution in [0.25, 0.3) is 0 Å². The molecule has 1 aliphatic heterocycles. The maximum absolute atomic E-state index is 12.6. The maximum atomic E-state index is 12.6. The average Bonchev–Trinajstić information content (AvgIpc) is 3.35. The molecule has 3 fully saturated rings. The summed E-state index contributed by atoms with van der Waals surface area (Å²) in [4.78, 5) is 30.3. The van der Waals surface area contributed by atoms with Crippen LogP contribution in [0.5, 0.6) is 0 Å². The van der Waals surface area contributed by atoms with Crippen molar-refractivity contribution in [3.8, 4) is 0 Å². The van der Waals surface area contributed by atoms with E-state index >= 15 is 0 Å². The smallest absolute Gasteiger partial charge is 0.326 e. The Morgan fingerprint density at radius 2 is 1.96 bits per heavy atom. The van der Waals surface area contributed by atoms with E-state index in [0.29, 0.717) is 30.7 Å². The fraction of sp³-hybridized carbons (Fsp3) is 0.778. The minimum absolute atomic E-state index is 0.109. The third-order valence-electron chi connectivity index (χ3n) is 6.22. The normalized spacial score (nSPS) is 29.3. The highest BCUT2D eigenvalue weighted by atomic mass is 16.5. The third kappa shape index (κ3) is 3.16. The van der Waals surface area contributed by atoms with Crippen LogP contribution in [0, 0.1) is 11.8 Å². The van der Waals surface area contributed by atoms with Gasteiger partial charge in [0.1, 0.15) is 6.04 Å². The molecular weight excluding hydrogens is 322 g/mol. The van der Waals surface area contributed by atoms with E-state index in [9.17, 15) is 14.7 Å². The van der Waals surface area contributed by atoms with Crippen molar-refractivity contribution in [2.75, 3.05) is 6.54 Å². The molecule has 7 nitrogen and oxygen atoms in total. The molecule has 3 aliphatic rings. The summed E-state index contributed by atoms with van der Waals surface area (Å²) >= 11 is 0. The van der Waals surface area contributed by atoms with E-state index < -0.39 is 12.0 Å². The Hall–Kier alpha value is -1.92. The fourth-order valence-electron chi connectivity index (χ4n) is 4.96. The van der Waals surface area contributed by atoms with Gasteiger partial charge in [0.05, 0.1) is 0 Å². The van der Waals surface area contributed by atoms with E-state index in [2.05, 4.69) is 10.1 Å². The Morgan fingerprint density at radius 1 is 1.16 bits per heavy atom. The largest absolute Gasteiger partial charge is 0.480 e. The van der Waals surface area contributed by atoms with Gasteiger partial charge in [-0.3, -0.25) is 4.79 Å². The number of hydrogen-bond donors (Lipinski definition) is 1.